The van der Waals surface area contributed by atoms with Crippen LogP contribution in [0.25, 0.3) is 0 Å². The van der Waals surface area contributed by atoms with Crippen LogP contribution in [0.4, 0.5) is 0 Å². The number of carbonyl (C=O) groups excluding carboxylic acids is 2. The van der Waals surface area contributed by atoms with Gasteiger partial charge in [0, 0.05) is 6.42 Å². The Kier molecular flexibility index (Phi) is 16.6. The van der Waals surface area contributed by atoms with Gasteiger partial charge in [-0.3, -0.25) is 4.79 Å². The Labute approximate surface area is 184 Å². The van der Waals surface area contributed by atoms with Gasteiger partial charge in [0.1, 0.15) is 6.29 Å². The van der Waals surface area contributed by atoms with Crippen LogP contribution in [0, 0.1) is 0 Å². The molecule has 30 heavy (non-hydrogen) atoms. The molecule has 3 heteroatoms. The lowest BCUT2D eigenvalue weighted by Crippen LogP contribution is -2.37. The largest absolute Gasteiger partial charge is 0.346 e. The summed E-state index contributed by atoms with van der Waals surface area (Å²) >= 11 is 0. The third kappa shape index (κ3) is 15.0. The predicted molar refractivity (Wildman–Crippen MR) is 128 cm³/mol. The molecule has 1 atom stereocenters. The van der Waals surface area contributed by atoms with Gasteiger partial charge in [-0.15, -0.1) is 0 Å². The van der Waals surface area contributed by atoms with Crippen molar-refractivity contribution in [3.8, 4) is 0 Å². The molecule has 1 amide bonds. The van der Waals surface area contributed by atoms with Gasteiger partial charge in [-0.05, 0) is 44.1 Å². The lowest BCUT2D eigenvalue weighted by atomic mass is 10.1. The second-order valence-electron chi connectivity index (χ2n) is 8.33. The molecule has 1 aromatic rings. The third-order valence-corrected chi connectivity index (χ3v) is 5.47. The number of nitrogens with one attached hydrogen (secondary N) is 1. The van der Waals surface area contributed by atoms with Gasteiger partial charge >= 0.3 is 0 Å². The first-order valence-electron chi connectivity index (χ1n) is 12.2. The van der Waals surface area contributed by atoms with E-state index in [0.29, 0.717) is 12.8 Å². The Bertz CT molecular complexity index is 567. The SMILES string of the molecule is CCCCCCCC/C=C\CCCCCCCC(=O)NC(C=O)Cc1ccccc1. The minimum atomic E-state index is -0.428. The van der Waals surface area contributed by atoms with Gasteiger partial charge in [-0.2, -0.15) is 0 Å². The summed E-state index contributed by atoms with van der Waals surface area (Å²) < 4.78 is 0. The van der Waals surface area contributed by atoms with Crippen LogP contribution in [-0.4, -0.2) is 18.2 Å². The number of allylic oxidation sites excluding steroid dienone is 2. The highest BCUT2D eigenvalue weighted by atomic mass is 16.2. The van der Waals surface area contributed by atoms with Crippen molar-refractivity contribution in [1.29, 1.82) is 0 Å². The first-order valence-corrected chi connectivity index (χ1v) is 12.2. The van der Waals surface area contributed by atoms with E-state index in [1.165, 1.54) is 70.6 Å². The Morgan fingerprint density at radius 2 is 1.40 bits per heavy atom. The number of hydrogen-bond donors (Lipinski definition) is 1. The molecular weight excluding hydrogens is 370 g/mol. The van der Waals surface area contributed by atoms with Gasteiger partial charge in [0.15, 0.2) is 0 Å². The zero-order chi connectivity index (χ0) is 21.7. The van der Waals surface area contributed by atoms with Crippen LogP contribution in [0.5, 0.6) is 0 Å². The van der Waals surface area contributed by atoms with Gasteiger partial charge in [0.25, 0.3) is 0 Å². The van der Waals surface area contributed by atoms with Gasteiger partial charge in [0.2, 0.25) is 5.91 Å². The van der Waals surface area contributed by atoms with E-state index in [2.05, 4.69) is 24.4 Å². The summed E-state index contributed by atoms with van der Waals surface area (Å²) in [6.45, 7) is 2.26. The number of benzene rings is 1. The van der Waals surface area contributed by atoms with Gasteiger partial charge in [-0.25, -0.2) is 0 Å². The van der Waals surface area contributed by atoms with Crippen molar-refractivity contribution in [3.05, 3.63) is 48.0 Å². The van der Waals surface area contributed by atoms with E-state index in [0.717, 1.165) is 24.7 Å². The maximum atomic E-state index is 12.1. The van der Waals surface area contributed by atoms with Crippen molar-refractivity contribution in [2.24, 2.45) is 0 Å². The molecule has 0 aromatic heterocycles. The zero-order valence-corrected chi connectivity index (χ0v) is 19.1. The minimum absolute atomic E-state index is 0.0133. The molecular formula is C27H43NO2. The van der Waals surface area contributed by atoms with E-state index >= 15 is 0 Å². The topological polar surface area (TPSA) is 46.2 Å². The Balaban J connectivity index is 1.94. The molecule has 1 rings (SSSR count). The second kappa shape index (κ2) is 19.1. The normalized spacial score (nSPS) is 12.2. The molecule has 0 heterocycles. The zero-order valence-electron chi connectivity index (χ0n) is 19.1. The van der Waals surface area contributed by atoms with E-state index in [4.69, 9.17) is 0 Å². The number of rotatable bonds is 19. The van der Waals surface area contributed by atoms with Crippen LogP contribution in [0.3, 0.4) is 0 Å². The molecule has 0 spiro atoms. The van der Waals surface area contributed by atoms with Crippen molar-refractivity contribution >= 4 is 12.2 Å². The number of carbonyl (C=O) groups is 2. The summed E-state index contributed by atoms with van der Waals surface area (Å²) in [5.41, 5.74) is 1.07. The molecule has 0 aliphatic heterocycles. The number of aldehydes is 1. The summed E-state index contributed by atoms with van der Waals surface area (Å²) in [6.07, 6.45) is 22.8. The summed E-state index contributed by atoms with van der Waals surface area (Å²) in [7, 11) is 0. The molecule has 1 unspecified atom stereocenters. The lowest BCUT2D eigenvalue weighted by Gasteiger charge is -2.12. The fourth-order valence-electron chi connectivity index (χ4n) is 3.64. The van der Waals surface area contributed by atoms with Gasteiger partial charge < -0.3 is 10.1 Å². The van der Waals surface area contributed by atoms with Crippen LogP contribution in [0.1, 0.15) is 102 Å². The van der Waals surface area contributed by atoms with Crippen molar-refractivity contribution in [1.82, 2.24) is 5.32 Å². The summed E-state index contributed by atoms with van der Waals surface area (Å²) in [5.74, 6) is -0.0133. The van der Waals surface area contributed by atoms with E-state index in [-0.39, 0.29) is 5.91 Å². The van der Waals surface area contributed by atoms with Crippen molar-refractivity contribution < 1.29 is 9.59 Å². The van der Waals surface area contributed by atoms with Crippen molar-refractivity contribution in [2.45, 2.75) is 109 Å². The highest BCUT2D eigenvalue weighted by Crippen LogP contribution is 2.10. The van der Waals surface area contributed by atoms with Crippen LogP contribution in [-0.2, 0) is 16.0 Å². The highest BCUT2D eigenvalue weighted by Gasteiger charge is 2.11. The van der Waals surface area contributed by atoms with E-state index in [1.54, 1.807) is 0 Å². The fraction of sp³-hybridized carbons (Fsp3) is 0.630. The monoisotopic (exact) mass is 413 g/mol. The molecule has 0 saturated carbocycles. The van der Waals surface area contributed by atoms with Gasteiger partial charge in [0.05, 0.1) is 6.04 Å². The first kappa shape index (κ1) is 26.1. The van der Waals surface area contributed by atoms with Crippen LogP contribution in [0.2, 0.25) is 0 Å². The molecule has 1 N–H and O–H groups in total. The lowest BCUT2D eigenvalue weighted by molar-refractivity contribution is -0.124. The molecule has 3 nitrogen and oxygen atoms in total. The molecule has 1 aromatic carbocycles. The molecule has 0 aliphatic carbocycles. The molecule has 0 aliphatic rings. The molecule has 168 valence electrons. The average Bonchev–Trinajstić information content (AvgIpc) is 2.76. The van der Waals surface area contributed by atoms with Crippen molar-refractivity contribution in [2.75, 3.05) is 0 Å². The van der Waals surface area contributed by atoms with Crippen molar-refractivity contribution in [3.63, 3.8) is 0 Å². The maximum Gasteiger partial charge on any atom is 0.220 e. The van der Waals surface area contributed by atoms with Crippen LogP contribution >= 0.6 is 0 Å². The third-order valence-electron chi connectivity index (χ3n) is 5.47. The highest BCUT2D eigenvalue weighted by molar-refractivity contribution is 5.79. The summed E-state index contributed by atoms with van der Waals surface area (Å²) in [4.78, 5) is 23.3. The molecule has 0 radical (unpaired) electrons. The fourth-order valence-corrected chi connectivity index (χ4v) is 3.64. The first-order chi connectivity index (χ1) is 14.8. The maximum absolute atomic E-state index is 12.1. The van der Waals surface area contributed by atoms with Gasteiger partial charge in [-0.1, -0.05) is 101 Å². The van der Waals surface area contributed by atoms with Crippen LogP contribution < -0.4 is 5.32 Å². The summed E-state index contributed by atoms with van der Waals surface area (Å²) in [6, 6.07) is 9.38. The second-order valence-corrected chi connectivity index (χ2v) is 8.33. The Hall–Kier alpha value is -1.90. The number of amides is 1. The standard InChI is InChI=1S/C27H43NO2/c1-2-3-4-5-6-7-8-9-10-11-12-13-14-15-19-22-27(30)28-26(24-29)23-25-20-17-16-18-21-25/h9-10,16-18,20-21,24,26H,2-8,11-15,19,22-23H2,1H3,(H,28,30)/b10-9-. The summed E-state index contributed by atoms with van der Waals surface area (Å²) in [5, 5.41) is 2.85. The van der Waals surface area contributed by atoms with Crippen LogP contribution in [0.15, 0.2) is 42.5 Å². The molecule has 0 bridgehead atoms. The predicted octanol–water partition coefficient (Wildman–Crippen LogP) is 6.95. The minimum Gasteiger partial charge on any atom is -0.346 e. The Morgan fingerprint density at radius 1 is 0.833 bits per heavy atom. The quantitative estimate of drug-likeness (QED) is 0.151. The number of unbranched alkanes of at least 4 members (excludes halogenated alkanes) is 11. The van der Waals surface area contributed by atoms with E-state index < -0.39 is 6.04 Å². The smallest absolute Gasteiger partial charge is 0.220 e. The average molecular weight is 414 g/mol. The Morgan fingerprint density at radius 3 is 2.00 bits per heavy atom. The number of hydrogen-bond acceptors (Lipinski definition) is 2. The molecule has 0 fully saturated rings. The molecule has 0 saturated heterocycles. The van der Waals surface area contributed by atoms with E-state index in [9.17, 15) is 9.59 Å². The van der Waals surface area contributed by atoms with E-state index in [1.807, 2.05) is 30.3 Å².